The molecule has 2 rings (SSSR count). The number of amides is 1. The van der Waals surface area contributed by atoms with Crippen LogP contribution in [0.15, 0.2) is 6.07 Å². The van der Waals surface area contributed by atoms with Crippen LogP contribution in [0.1, 0.15) is 24.8 Å². The van der Waals surface area contributed by atoms with Crippen LogP contribution in [0, 0.1) is 0 Å². The van der Waals surface area contributed by atoms with Crippen LogP contribution in [0.2, 0.25) is 8.67 Å². The number of carboxylic acids is 1. The van der Waals surface area contributed by atoms with Gasteiger partial charge < -0.3 is 14.7 Å². The topological polar surface area (TPSA) is 66.8 Å². The van der Waals surface area contributed by atoms with Crippen molar-refractivity contribution < 1.29 is 19.4 Å². The van der Waals surface area contributed by atoms with Gasteiger partial charge in [0.25, 0.3) is 0 Å². The molecule has 1 aromatic rings. The van der Waals surface area contributed by atoms with Crippen molar-refractivity contribution in [3.05, 3.63) is 20.3 Å². The van der Waals surface area contributed by atoms with Crippen molar-refractivity contribution in [2.75, 3.05) is 19.7 Å². The molecule has 0 radical (unpaired) electrons. The second-order valence-electron chi connectivity index (χ2n) is 5.13. The number of morpholine rings is 1. The van der Waals surface area contributed by atoms with E-state index in [1.165, 1.54) is 11.3 Å². The largest absolute Gasteiger partial charge is 0.481 e. The Morgan fingerprint density at radius 1 is 1.45 bits per heavy atom. The van der Waals surface area contributed by atoms with Crippen molar-refractivity contribution in [3.8, 4) is 0 Å². The number of hydrogen-bond donors (Lipinski definition) is 1. The molecular formula is C14H17Cl2NO4S. The maximum absolute atomic E-state index is 12.2. The lowest BCUT2D eigenvalue weighted by atomic mass is 10.1. The van der Waals surface area contributed by atoms with Gasteiger partial charge in [0.1, 0.15) is 0 Å². The Kier molecular flexibility index (Phi) is 6.50. The average molecular weight is 366 g/mol. The first kappa shape index (κ1) is 17.5. The predicted molar refractivity (Wildman–Crippen MR) is 85.8 cm³/mol. The number of halogens is 2. The summed E-state index contributed by atoms with van der Waals surface area (Å²) in [6.07, 6.45) is 1.31. The highest BCUT2D eigenvalue weighted by atomic mass is 35.5. The Labute approximate surface area is 142 Å². The molecule has 0 unspecified atom stereocenters. The summed E-state index contributed by atoms with van der Waals surface area (Å²) < 4.78 is 6.68. The monoisotopic (exact) mass is 365 g/mol. The predicted octanol–water partition coefficient (Wildman–Crippen LogP) is 3.08. The molecule has 0 bridgehead atoms. The molecule has 1 amide bonds. The van der Waals surface area contributed by atoms with Crippen LogP contribution in [0.5, 0.6) is 0 Å². The van der Waals surface area contributed by atoms with Gasteiger partial charge >= 0.3 is 5.97 Å². The Hall–Kier alpha value is -0.820. The summed E-state index contributed by atoms with van der Waals surface area (Å²) >= 11 is 13.3. The summed E-state index contributed by atoms with van der Waals surface area (Å²) in [5, 5.41) is 8.78. The molecule has 1 atom stereocenters. The number of rotatable bonds is 6. The van der Waals surface area contributed by atoms with Crippen LogP contribution in [-0.2, 0) is 20.7 Å². The molecule has 122 valence electrons. The third kappa shape index (κ3) is 5.12. The second kappa shape index (κ2) is 8.15. The molecule has 1 aliphatic rings. The van der Waals surface area contributed by atoms with Crippen molar-refractivity contribution in [2.45, 2.75) is 31.8 Å². The fourth-order valence-electron chi connectivity index (χ4n) is 2.40. The lowest BCUT2D eigenvalue weighted by molar-refractivity contribution is -0.147. The van der Waals surface area contributed by atoms with E-state index in [1.54, 1.807) is 4.90 Å². The number of thiophene rings is 1. The van der Waals surface area contributed by atoms with Gasteiger partial charge in [-0.05, 0) is 24.5 Å². The van der Waals surface area contributed by atoms with Gasteiger partial charge in [0.05, 0.1) is 27.8 Å². The molecule has 1 saturated heterocycles. The van der Waals surface area contributed by atoms with E-state index >= 15 is 0 Å². The molecule has 0 spiro atoms. The first-order chi connectivity index (χ1) is 10.5. The number of aliphatic carboxylic acids is 1. The van der Waals surface area contributed by atoms with Crippen molar-refractivity contribution >= 4 is 46.4 Å². The summed E-state index contributed by atoms with van der Waals surface area (Å²) in [5.74, 6) is -0.889. The van der Waals surface area contributed by atoms with E-state index in [4.69, 9.17) is 33.0 Å². The normalized spacial score (nSPS) is 18.5. The van der Waals surface area contributed by atoms with Crippen molar-refractivity contribution in [2.24, 2.45) is 0 Å². The van der Waals surface area contributed by atoms with Crippen LogP contribution < -0.4 is 0 Å². The van der Waals surface area contributed by atoms with Crippen LogP contribution in [-0.4, -0.2) is 47.7 Å². The number of nitrogens with zero attached hydrogens (tertiary/aromatic N) is 1. The van der Waals surface area contributed by atoms with Crippen LogP contribution in [0.4, 0.5) is 0 Å². The molecule has 1 N–H and O–H groups in total. The molecule has 22 heavy (non-hydrogen) atoms. The highest BCUT2D eigenvalue weighted by Gasteiger charge is 2.25. The first-order valence-electron chi connectivity index (χ1n) is 7.00. The third-order valence-electron chi connectivity index (χ3n) is 3.46. The zero-order valence-electron chi connectivity index (χ0n) is 11.9. The number of ether oxygens (including phenoxy) is 1. The highest BCUT2D eigenvalue weighted by molar-refractivity contribution is 7.20. The summed E-state index contributed by atoms with van der Waals surface area (Å²) in [6, 6.07) is 1.83. The average Bonchev–Trinajstić information content (AvgIpc) is 2.76. The maximum atomic E-state index is 12.2. The summed E-state index contributed by atoms with van der Waals surface area (Å²) in [6.45, 7) is 1.24. The van der Waals surface area contributed by atoms with Gasteiger partial charge in [0.2, 0.25) is 5.91 Å². The third-order valence-corrected chi connectivity index (χ3v) is 5.03. The fraction of sp³-hybridized carbons (Fsp3) is 0.571. The highest BCUT2D eigenvalue weighted by Crippen LogP contribution is 2.32. The molecule has 1 aromatic heterocycles. The maximum Gasteiger partial charge on any atom is 0.306 e. The standard InChI is InChI=1S/C14H17Cl2NO4S/c15-11-6-9(14(16)22-11)2-1-3-12(18)17-4-5-21-10(8-17)7-13(19)20/h6,10H,1-5,7-8H2,(H,19,20)/t10-/m0/s1. The van der Waals surface area contributed by atoms with Gasteiger partial charge in [0, 0.05) is 19.5 Å². The summed E-state index contributed by atoms with van der Waals surface area (Å²) in [7, 11) is 0. The van der Waals surface area contributed by atoms with Crippen LogP contribution in [0.3, 0.4) is 0 Å². The number of carboxylic acid groups (broad SMARTS) is 1. The van der Waals surface area contributed by atoms with Crippen LogP contribution in [0.25, 0.3) is 0 Å². The molecule has 0 aromatic carbocycles. The van der Waals surface area contributed by atoms with Gasteiger partial charge in [0.15, 0.2) is 0 Å². The number of aryl methyl sites for hydroxylation is 1. The minimum atomic E-state index is -0.914. The van der Waals surface area contributed by atoms with E-state index in [2.05, 4.69) is 0 Å². The second-order valence-corrected chi connectivity index (χ2v) is 7.42. The molecule has 1 fully saturated rings. The van der Waals surface area contributed by atoms with E-state index in [1.807, 2.05) is 6.07 Å². The van der Waals surface area contributed by atoms with E-state index in [0.29, 0.717) is 47.6 Å². The van der Waals surface area contributed by atoms with E-state index in [-0.39, 0.29) is 12.3 Å². The SMILES string of the molecule is O=C(O)C[C@H]1CN(C(=O)CCCc2cc(Cl)sc2Cl)CCO1. The van der Waals surface area contributed by atoms with Crippen LogP contribution >= 0.6 is 34.5 Å². The molecular weight excluding hydrogens is 349 g/mol. The smallest absolute Gasteiger partial charge is 0.306 e. The number of carbonyl (C=O) groups is 2. The van der Waals surface area contributed by atoms with Crippen molar-refractivity contribution in [1.29, 1.82) is 0 Å². The lowest BCUT2D eigenvalue weighted by Crippen LogP contribution is -2.46. The van der Waals surface area contributed by atoms with Gasteiger partial charge in [-0.25, -0.2) is 0 Å². The number of carbonyl (C=O) groups excluding carboxylic acids is 1. The lowest BCUT2D eigenvalue weighted by Gasteiger charge is -2.32. The zero-order valence-corrected chi connectivity index (χ0v) is 14.2. The Morgan fingerprint density at radius 3 is 2.86 bits per heavy atom. The molecule has 0 aliphatic carbocycles. The fourth-order valence-corrected chi connectivity index (χ4v) is 3.94. The minimum Gasteiger partial charge on any atom is -0.481 e. The molecule has 8 heteroatoms. The summed E-state index contributed by atoms with van der Waals surface area (Å²) in [5.41, 5.74) is 0.968. The van der Waals surface area contributed by atoms with Crippen molar-refractivity contribution in [1.82, 2.24) is 4.90 Å². The number of hydrogen-bond acceptors (Lipinski definition) is 4. The van der Waals surface area contributed by atoms with Gasteiger partial charge in [-0.1, -0.05) is 23.2 Å². The molecule has 0 saturated carbocycles. The quantitative estimate of drug-likeness (QED) is 0.840. The Morgan fingerprint density at radius 2 is 2.23 bits per heavy atom. The van der Waals surface area contributed by atoms with Gasteiger partial charge in [-0.3, -0.25) is 9.59 Å². The Balaban J connectivity index is 1.77. The van der Waals surface area contributed by atoms with Crippen molar-refractivity contribution in [3.63, 3.8) is 0 Å². The molecule has 1 aliphatic heterocycles. The summed E-state index contributed by atoms with van der Waals surface area (Å²) in [4.78, 5) is 24.6. The molecule has 5 nitrogen and oxygen atoms in total. The van der Waals surface area contributed by atoms with E-state index in [9.17, 15) is 9.59 Å². The molecule has 2 heterocycles. The first-order valence-corrected chi connectivity index (χ1v) is 8.58. The zero-order chi connectivity index (χ0) is 16.1. The Bertz CT molecular complexity index is 549. The van der Waals surface area contributed by atoms with Gasteiger partial charge in [-0.2, -0.15) is 0 Å². The van der Waals surface area contributed by atoms with E-state index < -0.39 is 12.1 Å². The van der Waals surface area contributed by atoms with Gasteiger partial charge in [-0.15, -0.1) is 11.3 Å². The van der Waals surface area contributed by atoms with E-state index in [0.717, 1.165) is 5.56 Å². The minimum absolute atomic E-state index is 0.0242.